The third-order valence-electron chi connectivity index (χ3n) is 4.11. The van der Waals surface area contributed by atoms with Crippen LogP contribution in [-0.2, 0) is 38.0 Å². The maximum atomic E-state index is 11.2. The van der Waals surface area contributed by atoms with Crippen LogP contribution in [0.1, 0.15) is 23.7 Å². The monoisotopic (exact) mass is 390 g/mol. The van der Waals surface area contributed by atoms with Crippen LogP contribution >= 0.6 is 0 Å². The molecule has 2 fully saturated rings. The van der Waals surface area contributed by atoms with E-state index < -0.39 is 36.7 Å². The Balaban J connectivity index is 1.48. The van der Waals surface area contributed by atoms with E-state index in [9.17, 15) is 9.59 Å². The molecule has 1 aromatic rings. The molecule has 150 valence electrons. The van der Waals surface area contributed by atoms with Crippen LogP contribution in [0.4, 0.5) is 0 Å². The van der Waals surface area contributed by atoms with E-state index in [-0.39, 0.29) is 26.4 Å². The summed E-state index contributed by atoms with van der Waals surface area (Å²) in [6, 6.07) is 7.42. The van der Waals surface area contributed by atoms with Crippen molar-refractivity contribution in [2.75, 3.05) is 26.4 Å². The van der Waals surface area contributed by atoms with Crippen LogP contribution in [0.3, 0.4) is 0 Å². The van der Waals surface area contributed by atoms with Gasteiger partial charge < -0.3 is 28.4 Å². The van der Waals surface area contributed by atoms with Gasteiger partial charge in [-0.15, -0.1) is 0 Å². The van der Waals surface area contributed by atoms with E-state index in [0.717, 1.165) is 23.3 Å². The lowest BCUT2D eigenvalue weighted by molar-refractivity contribution is -0.229. The summed E-state index contributed by atoms with van der Waals surface area (Å²) >= 11 is 0. The molecule has 0 atom stereocenters. The quantitative estimate of drug-likeness (QED) is 0.538. The summed E-state index contributed by atoms with van der Waals surface area (Å²) in [5, 5.41) is 0. The SMILES string of the molecule is C=CC(=O)OC1COC(c2ccc(C3OCC(OC(=O)C=C)CO3)cc2)OC1. The fourth-order valence-corrected chi connectivity index (χ4v) is 2.73. The maximum absolute atomic E-state index is 11.2. The van der Waals surface area contributed by atoms with Crippen LogP contribution in [0.15, 0.2) is 49.6 Å². The summed E-state index contributed by atoms with van der Waals surface area (Å²) in [4.78, 5) is 22.4. The smallest absolute Gasteiger partial charge is 0.330 e. The van der Waals surface area contributed by atoms with Crippen molar-refractivity contribution in [2.45, 2.75) is 24.8 Å². The Morgan fingerprint density at radius 3 is 1.36 bits per heavy atom. The minimum atomic E-state index is -0.538. The second-order valence-electron chi connectivity index (χ2n) is 6.19. The van der Waals surface area contributed by atoms with Crippen LogP contribution in [0.2, 0.25) is 0 Å². The third-order valence-corrected chi connectivity index (χ3v) is 4.11. The molecular weight excluding hydrogens is 368 g/mol. The number of benzene rings is 1. The zero-order chi connectivity index (χ0) is 19.9. The van der Waals surface area contributed by atoms with Crippen molar-refractivity contribution < 1.29 is 38.0 Å². The average molecular weight is 390 g/mol. The van der Waals surface area contributed by atoms with Crippen molar-refractivity contribution in [1.29, 1.82) is 0 Å². The van der Waals surface area contributed by atoms with E-state index in [0.29, 0.717) is 0 Å². The number of carbonyl (C=O) groups excluding carboxylic acids is 2. The molecule has 0 aliphatic carbocycles. The average Bonchev–Trinajstić information content (AvgIpc) is 2.75. The predicted octanol–water partition coefficient (Wildman–Crippen LogP) is 1.97. The molecule has 2 aliphatic heterocycles. The first-order valence-corrected chi connectivity index (χ1v) is 8.81. The van der Waals surface area contributed by atoms with Gasteiger partial charge >= 0.3 is 11.9 Å². The van der Waals surface area contributed by atoms with Crippen molar-refractivity contribution in [3.8, 4) is 0 Å². The standard InChI is InChI=1S/C20H22O8/c1-3-17(21)27-15-9-23-19(24-10-15)13-5-7-14(8-6-13)20-25-11-16(12-26-20)28-18(22)4-2/h3-8,15-16,19-20H,1-2,9-12H2. The molecule has 0 amide bonds. The summed E-state index contributed by atoms with van der Waals surface area (Å²) in [5.74, 6) is -1.01. The first kappa shape index (κ1) is 20.2. The van der Waals surface area contributed by atoms with Gasteiger partial charge in [0.25, 0.3) is 0 Å². The van der Waals surface area contributed by atoms with E-state index in [2.05, 4.69) is 13.2 Å². The lowest BCUT2D eigenvalue weighted by Gasteiger charge is -2.30. The summed E-state index contributed by atoms with van der Waals surface area (Å²) in [5.41, 5.74) is 1.65. The van der Waals surface area contributed by atoms with Crippen molar-refractivity contribution in [1.82, 2.24) is 0 Å². The molecule has 0 N–H and O–H groups in total. The highest BCUT2D eigenvalue weighted by atomic mass is 16.7. The van der Waals surface area contributed by atoms with E-state index in [1.807, 2.05) is 24.3 Å². The van der Waals surface area contributed by atoms with Crippen molar-refractivity contribution in [3.63, 3.8) is 0 Å². The first-order valence-electron chi connectivity index (χ1n) is 8.81. The van der Waals surface area contributed by atoms with Crippen LogP contribution < -0.4 is 0 Å². The lowest BCUT2D eigenvalue weighted by Crippen LogP contribution is -2.35. The second-order valence-corrected chi connectivity index (χ2v) is 6.19. The summed E-state index contributed by atoms with van der Waals surface area (Å²) < 4.78 is 32.6. The van der Waals surface area contributed by atoms with Gasteiger partial charge in [0.1, 0.15) is 12.2 Å². The van der Waals surface area contributed by atoms with Gasteiger partial charge in [0, 0.05) is 23.3 Å². The van der Waals surface area contributed by atoms with Crippen molar-refractivity contribution in [3.05, 3.63) is 60.7 Å². The zero-order valence-electron chi connectivity index (χ0n) is 15.3. The van der Waals surface area contributed by atoms with E-state index in [4.69, 9.17) is 28.4 Å². The van der Waals surface area contributed by atoms with E-state index in [1.54, 1.807) is 0 Å². The molecule has 0 aromatic heterocycles. The van der Waals surface area contributed by atoms with Crippen molar-refractivity contribution >= 4 is 11.9 Å². The highest BCUT2D eigenvalue weighted by molar-refractivity contribution is 5.81. The molecule has 2 heterocycles. The van der Waals surface area contributed by atoms with Gasteiger partial charge in [-0.2, -0.15) is 0 Å². The minimum absolute atomic E-state index is 0.242. The van der Waals surface area contributed by atoms with E-state index >= 15 is 0 Å². The number of esters is 2. The molecule has 3 rings (SSSR count). The van der Waals surface area contributed by atoms with Gasteiger partial charge in [-0.25, -0.2) is 9.59 Å². The summed E-state index contributed by atoms with van der Waals surface area (Å²) in [6.45, 7) is 7.67. The molecule has 8 nitrogen and oxygen atoms in total. The Labute approximate surface area is 162 Å². The molecule has 0 spiro atoms. The number of carbonyl (C=O) groups is 2. The largest absolute Gasteiger partial charge is 0.454 e. The Kier molecular flexibility index (Phi) is 6.94. The zero-order valence-corrected chi connectivity index (χ0v) is 15.3. The fourth-order valence-electron chi connectivity index (χ4n) is 2.73. The minimum Gasteiger partial charge on any atom is -0.454 e. The molecule has 28 heavy (non-hydrogen) atoms. The van der Waals surface area contributed by atoms with Crippen LogP contribution in [0.5, 0.6) is 0 Å². The molecule has 8 heteroatoms. The summed E-state index contributed by atoms with van der Waals surface area (Å²) in [7, 11) is 0. The number of hydrogen-bond donors (Lipinski definition) is 0. The van der Waals surface area contributed by atoms with Gasteiger partial charge in [0.15, 0.2) is 12.6 Å². The number of ether oxygens (including phenoxy) is 6. The predicted molar refractivity (Wildman–Crippen MR) is 95.9 cm³/mol. The van der Waals surface area contributed by atoms with Gasteiger partial charge in [0.05, 0.1) is 26.4 Å². The molecule has 1 aromatic carbocycles. The molecule has 2 saturated heterocycles. The van der Waals surface area contributed by atoms with Crippen LogP contribution in [0, 0.1) is 0 Å². The first-order chi connectivity index (χ1) is 13.6. The van der Waals surface area contributed by atoms with Gasteiger partial charge in [0.2, 0.25) is 0 Å². The Morgan fingerprint density at radius 1 is 0.750 bits per heavy atom. The van der Waals surface area contributed by atoms with Gasteiger partial charge in [-0.1, -0.05) is 37.4 Å². The highest BCUT2D eigenvalue weighted by Gasteiger charge is 2.28. The molecule has 0 bridgehead atoms. The topological polar surface area (TPSA) is 89.5 Å². The van der Waals surface area contributed by atoms with Gasteiger partial charge in [-0.3, -0.25) is 0 Å². The highest BCUT2D eigenvalue weighted by Crippen LogP contribution is 2.28. The maximum Gasteiger partial charge on any atom is 0.330 e. The van der Waals surface area contributed by atoms with Gasteiger partial charge in [-0.05, 0) is 0 Å². The number of rotatable bonds is 6. The number of hydrogen-bond acceptors (Lipinski definition) is 8. The van der Waals surface area contributed by atoms with Crippen LogP contribution in [0.25, 0.3) is 0 Å². The molecule has 0 saturated carbocycles. The third kappa shape index (κ3) is 5.26. The Hall–Kier alpha value is -2.52. The second kappa shape index (κ2) is 9.61. The Morgan fingerprint density at radius 2 is 1.07 bits per heavy atom. The Bertz CT molecular complexity index is 636. The molecule has 0 radical (unpaired) electrons. The molecule has 0 unspecified atom stereocenters. The fraction of sp³-hybridized carbons (Fsp3) is 0.400. The molecular formula is C20H22O8. The van der Waals surface area contributed by atoms with E-state index in [1.165, 1.54) is 0 Å². The van der Waals surface area contributed by atoms with Crippen molar-refractivity contribution in [2.24, 2.45) is 0 Å². The normalized spacial score (nSPS) is 27.4. The lowest BCUT2D eigenvalue weighted by atomic mass is 10.1. The van der Waals surface area contributed by atoms with Crippen LogP contribution in [-0.4, -0.2) is 50.6 Å². The molecule has 2 aliphatic rings. The summed E-state index contributed by atoms with van der Waals surface area (Å²) in [6.07, 6.45) is 0.228.